The van der Waals surface area contributed by atoms with Crippen molar-refractivity contribution in [1.82, 2.24) is 5.32 Å². The lowest BCUT2D eigenvalue weighted by molar-refractivity contribution is -0.159. The highest BCUT2D eigenvalue weighted by Gasteiger charge is 2.04. The zero-order valence-corrected chi connectivity index (χ0v) is 13.8. The lowest BCUT2D eigenvalue weighted by Crippen LogP contribution is -2.27. The maximum absolute atomic E-state index is 9.10. The SMILES string of the molecule is C=CCc1cc(C)ccc1OCCNC(C)C.O=C(O)C(=O)O. The number of aryl methyl sites for hydroxylation is 1. The summed E-state index contributed by atoms with van der Waals surface area (Å²) < 4.78 is 5.78. The summed E-state index contributed by atoms with van der Waals surface area (Å²) in [6, 6.07) is 6.79. The Hall–Kier alpha value is -2.34. The Balaban J connectivity index is 0.000000688. The van der Waals surface area contributed by atoms with Crippen molar-refractivity contribution in [1.29, 1.82) is 0 Å². The molecule has 1 aromatic carbocycles. The van der Waals surface area contributed by atoms with Crippen LogP contribution in [-0.4, -0.2) is 41.3 Å². The smallest absolute Gasteiger partial charge is 0.414 e. The molecule has 0 aliphatic carbocycles. The molecule has 0 aliphatic rings. The standard InChI is InChI=1S/C15H23NO.C2H2O4/c1-5-6-14-11-13(4)7-8-15(14)17-10-9-16-12(2)3;3-1(4)2(5)6/h5,7-8,11-12,16H,1,6,9-10H2,2-4H3;(H,3,4)(H,5,6). The van der Waals surface area contributed by atoms with Gasteiger partial charge in [-0.2, -0.15) is 0 Å². The molecule has 0 unspecified atom stereocenters. The fourth-order valence-electron chi connectivity index (χ4n) is 1.67. The molecule has 0 heterocycles. The molecule has 0 saturated heterocycles. The fraction of sp³-hybridized carbons (Fsp3) is 0.412. The Kier molecular flexibility index (Phi) is 10.1. The van der Waals surface area contributed by atoms with E-state index in [-0.39, 0.29) is 0 Å². The zero-order valence-electron chi connectivity index (χ0n) is 13.8. The molecule has 0 radical (unpaired) electrons. The van der Waals surface area contributed by atoms with Gasteiger partial charge in [-0.3, -0.25) is 0 Å². The number of rotatable bonds is 7. The second-order valence-electron chi connectivity index (χ2n) is 5.17. The number of carbonyl (C=O) groups is 2. The summed E-state index contributed by atoms with van der Waals surface area (Å²) in [5.41, 5.74) is 2.47. The van der Waals surface area contributed by atoms with Gasteiger partial charge in [0.15, 0.2) is 0 Å². The van der Waals surface area contributed by atoms with Crippen molar-refractivity contribution < 1.29 is 24.5 Å². The molecule has 128 valence electrons. The average molecular weight is 323 g/mol. The number of ether oxygens (including phenoxy) is 1. The Morgan fingerprint density at radius 1 is 1.30 bits per heavy atom. The molecule has 23 heavy (non-hydrogen) atoms. The molecule has 0 aliphatic heterocycles. The van der Waals surface area contributed by atoms with Gasteiger partial charge in [-0.25, -0.2) is 9.59 Å². The first-order valence-corrected chi connectivity index (χ1v) is 7.30. The molecule has 0 fully saturated rings. The predicted octanol–water partition coefficient (Wildman–Crippen LogP) is 2.26. The Labute approximate surface area is 136 Å². The molecule has 1 aromatic rings. The zero-order chi connectivity index (χ0) is 17.8. The maximum atomic E-state index is 9.10. The predicted molar refractivity (Wildman–Crippen MR) is 89.0 cm³/mol. The van der Waals surface area contributed by atoms with Crippen molar-refractivity contribution in [3.63, 3.8) is 0 Å². The minimum Gasteiger partial charge on any atom is -0.492 e. The van der Waals surface area contributed by atoms with Gasteiger partial charge in [0.1, 0.15) is 12.4 Å². The molecule has 6 heteroatoms. The van der Waals surface area contributed by atoms with Gasteiger partial charge < -0.3 is 20.3 Å². The van der Waals surface area contributed by atoms with Gasteiger partial charge in [0, 0.05) is 12.6 Å². The first kappa shape index (κ1) is 20.7. The van der Waals surface area contributed by atoms with Crippen LogP contribution in [0.1, 0.15) is 25.0 Å². The highest BCUT2D eigenvalue weighted by atomic mass is 16.5. The quantitative estimate of drug-likeness (QED) is 0.405. The molecular formula is C17H25NO5. The minimum absolute atomic E-state index is 0.504. The highest BCUT2D eigenvalue weighted by Crippen LogP contribution is 2.20. The van der Waals surface area contributed by atoms with E-state index in [0.29, 0.717) is 12.6 Å². The molecular weight excluding hydrogens is 298 g/mol. The Morgan fingerprint density at radius 3 is 2.39 bits per heavy atom. The monoisotopic (exact) mass is 323 g/mol. The lowest BCUT2D eigenvalue weighted by atomic mass is 10.1. The molecule has 3 N–H and O–H groups in total. The summed E-state index contributed by atoms with van der Waals surface area (Å²) in [5, 5.41) is 18.1. The molecule has 0 atom stereocenters. The number of allylic oxidation sites excluding steroid dienone is 1. The van der Waals surface area contributed by atoms with Crippen LogP contribution in [0.3, 0.4) is 0 Å². The first-order chi connectivity index (χ1) is 10.8. The Bertz CT molecular complexity index is 514. The van der Waals surface area contributed by atoms with E-state index in [1.165, 1.54) is 11.1 Å². The second kappa shape index (κ2) is 11.3. The van der Waals surface area contributed by atoms with Gasteiger partial charge in [-0.05, 0) is 25.0 Å². The molecule has 0 spiro atoms. The maximum Gasteiger partial charge on any atom is 0.414 e. The van der Waals surface area contributed by atoms with Crippen molar-refractivity contribution >= 4 is 11.9 Å². The van der Waals surface area contributed by atoms with Gasteiger partial charge >= 0.3 is 11.9 Å². The number of benzene rings is 1. The number of carboxylic acids is 2. The van der Waals surface area contributed by atoms with Crippen LogP contribution in [0.2, 0.25) is 0 Å². The summed E-state index contributed by atoms with van der Waals surface area (Å²) in [5.74, 6) is -2.67. The van der Waals surface area contributed by atoms with Crippen molar-refractivity contribution in [3.8, 4) is 5.75 Å². The summed E-state index contributed by atoms with van der Waals surface area (Å²) in [4.78, 5) is 18.2. The van der Waals surface area contributed by atoms with Crippen molar-refractivity contribution in [2.75, 3.05) is 13.2 Å². The second-order valence-corrected chi connectivity index (χ2v) is 5.17. The third-order valence-corrected chi connectivity index (χ3v) is 2.68. The summed E-state index contributed by atoms with van der Waals surface area (Å²) in [6.45, 7) is 11.7. The molecule has 1 rings (SSSR count). The minimum atomic E-state index is -1.82. The highest BCUT2D eigenvalue weighted by molar-refractivity contribution is 6.27. The van der Waals surface area contributed by atoms with E-state index >= 15 is 0 Å². The van der Waals surface area contributed by atoms with Crippen LogP contribution in [0.15, 0.2) is 30.9 Å². The van der Waals surface area contributed by atoms with Gasteiger partial charge in [-0.1, -0.05) is 37.6 Å². The largest absolute Gasteiger partial charge is 0.492 e. The van der Waals surface area contributed by atoms with Crippen molar-refractivity contribution in [2.24, 2.45) is 0 Å². The molecule has 0 aromatic heterocycles. The third kappa shape index (κ3) is 10.1. The normalized spacial score (nSPS) is 9.74. The number of nitrogens with one attached hydrogen (secondary N) is 1. The fourth-order valence-corrected chi connectivity index (χ4v) is 1.67. The number of hydrogen-bond donors (Lipinski definition) is 3. The molecule has 0 amide bonds. The van der Waals surface area contributed by atoms with Gasteiger partial charge in [0.2, 0.25) is 0 Å². The van der Waals surface area contributed by atoms with Crippen LogP contribution in [0.5, 0.6) is 5.75 Å². The molecule has 0 bridgehead atoms. The summed E-state index contributed by atoms with van der Waals surface area (Å²) in [7, 11) is 0. The van der Waals surface area contributed by atoms with Crippen LogP contribution >= 0.6 is 0 Å². The van der Waals surface area contributed by atoms with Crippen LogP contribution < -0.4 is 10.1 Å². The third-order valence-electron chi connectivity index (χ3n) is 2.68. The molecule has 0 saturated carbocycles. The number of hydrogen-bond acceptors (Lipinski definition) is 4. The average Bonchev–Trinajstić information content (AvgIpc) is 2.46. The number of aliphatic carboxylic acids is 2. The first-order valence-electron chi connectivity index (χ1n) is 7.30. The summed E-state index contributed by atoms with van der Waals surface area (Å²) >= 11 is 0. The van der Waals surface area contributed by atoms with Crippen LogP contribution in [0.4, 0.5) is 0 Å². The van der Waals surface area contributed by atoms with Crippen LogP contribution in [0.25, 0.3) is 0 Å². The van der Waals surface area contributed by atoms with E-state index in [1.54, 1.807) is 0 Å². The van der Waals surface area contributed by atoms with E-state index < -0.39 is 11.9 Å². The van der Waals surface area contributed by atoms with E-state index in [1.807, 2.05) is 12.1 Å². The molecule has 6 nitrogen and oxygen atoms in total. The van der Waals surface area contributed by atoms with Gasteiger partial charge in [-0.15, -0.1) is 6.58 Å². The summed E-state index contributed by atoms with van der Waals surface area (Å²) in [6.07, 6.45) is 2.77. The number of carboxylic acid groups (broad SMARTS) is 2. The van der Waals surface area contributed by atoms with Crippen LogP contribution in [0, 0.1) is 6.92 Å². The van der Waals surface area contributed by atoms with E-state index in [4.69, 9.17) is 24.5 Å². The van der Waals surface area contributed by atoms with Crippen LogP contribution in [-0.2, 0) is 16.0 Å². The topological polar surface area (TPSA) is 95.9 Å². The lowest BCUT2D eigenvalue weighted by Gasteiger charge is -2.13. The van der Waals surface area contributed by atoms with Crippen molar-refractivity contribution in [2.45, 2.75) is 33.2 Å². The van der Waals surface area contributed by atoms with Gasteiger partial charge in [0.05, 0.1) is 0 Å². The van der Waals surface area contributed by atoms with Crippen molar-refractivity contribution in [3.05, 3.63) is 42.0 Å². The van der Waals surface area contributed by atoms with E-state index in [9.17, 15) is 0 Å². The van der Waals surface area contributed by atoms with Gasteiger partial charge in [0.25, 0.3) is 0 Å². The van der Waals surface area contributed by atoms with E-state index in [0.717, 1.165) is 18.7 Å². The van der Waals surface area contributed by atoms with E-state index in [2.05, 4.69) is 44.8 Å². The Morgan fingerprint density at radius 2 is 1.91 bits per heavy atom.